The highest BCUT2D eigenvalue weighted by Crippen LogP contribution is 2.44. The number of benzene rings is 1. The van der Waals surface area contributed by atoms with Gasteiger partial charge in [0, 0.05) is 12.3 Å². The van der Waals surface area contributed by atoms with Crippen molar-refractivity contribution in [2.45, 2.75) is 31.7 Å². The average Bonchev–Trinajstić information content (AvgIpc) is 3.10. The molecule has 0 spiro atoms. The Labute approximate surface area is 131 Å². The Bertz CT molecular complexity index is 538. The topological polar surface area (TPSA) is 36.4 Å². The molecule has 3 nitrogen and oxygen atoms in total. The zero-order valence-corrected chi connectivity index (χ0v) is 12.9. The van der Waals surface area contributed by atoms with Crippen LogP contribution in [0.15, 0.2) is 41.5 Å². The summed E-state index contributed by atoms with van der Waals surface area (Å²) in [6, 6.07) is 10.7. The van der Waals surface area contributed by atoms with E-state index in [0.717, 1.165) is 17.4 Å². The minimum absolute atomic E-state index is 0.554. The summed E-state index contributed by atoms with van der Waals surface area (Å²) in [5, 5.41) is 8.16. The van der Waals surface area contributed by atoms with E-state index in [1.165, 1.54) is 25.7 Å². The maximum atomic E-state index is 5.29. The van der Waals surface area contributed by atoms with Crippen LogP contribution in [0.1, 0.15) is 31.2 Å². The van der Waals surface area contributed by atoms with Gasteiger partial charge in [0.2, 0.25) is 0 Å². The molecule has 1 aromatic rings. The molecule has 2 bridgehead atoms. The highest BCUT2D eigenvalue weighted by Gasteiger charge is 2.39. The number of allylic oxidation sites excluding steroid dienone is 1. The van der Waals surface area contributed by atoms with Crippen LogP contribution >= 0.6 is 12.2 Å². The summed E-state index contributed by atoms with van der Waals surface area (Å²) in [6.07, 6.45) is 11.1. The van der Waals surface area contributed by atoms with Crippen LogP contribution < -0.4 is 10.7 Å². The van der Waals surface area contributed by atoms with Crippen molar-refractivity contribution in [1.29, 1.82) is 0 Å². The minimum atomic E-state index is 0.554. The summed E-state index contributed by atoms with van der Waals surface area (Å²) in [5.74, 6) is 1.74. The molecule has 0 aromatic heterocycles. The van der Waals surface area contributed by atoms with Gasteiger partial charge in [0.25, 0.3) is 0 Å². The molecule has 2 N–H and O–H groups in total. The number of rotatable bonds is 4. The van der Waals surface area contributed by atoms with E-state index in [-0.39, 0.29) is 0 Å². The monoisotopic (exact) mass is 299 g/mol. The van der Waals surface area contributed by atoms with E-state index < -0.39 is 0 Å². The predicted molar refractivity (Wildman–Crippen MR) is 92.1 cm³/mol. The summed E-state index contributed by atoms with van der Waals surface area (Å²) in [6.45, 7) is 0. The van der Waals surface area contributed by atoms with Crippen LogP contribution in [0.5, 0.6) is 0 Å². The lowest BCUT2D eigenvalue weighted by Gasteiger charge is -2.23. The van der Waals surface area contributed by atoms with E-state index in [0.29, 0.717) is 11.2 Å². The van der Waals surface area contributed by atoms with E-state index in [1.54, 1.807) is 6.21 Å². The normalized spacial score (nSPS) is 27.5. The fourth-order valence-electron chi connectivity index (χ4n) is 3.48. The molecule has 0 saturated heterocycles. The molecule has 2 aliphatic rings. The van der Waals surface area contributed by atoms with Gasteiger partial charge >= 0.3 is 0 Å². The van der Waals surface area contributed by atoms with E-state index in [1.807, 2.05) is 30.4 Å². The van der Waals surface area contributed by atoms with Gasteiger partial charge in [-0.1, -0.05) is 42.8 Å². The lowest BCUT2D eigenvalue weighted by atomic mass is 9.96. The quantitative estimate of drug-likeness (QED) is 0.508. The zero-order valence-electron chi connectivity index (χ0n) is 12.0. The Morgan fingerprint density at radius 1 is 1.19 bits per heavy atom. The predicted octanol–water partition coefficient (Wildman–Crippen LogP) is 3.34. The van der Waals surface area contributed by atoms with Crippen molar-refractivity contribution in [2.24, 2.45) is 16.9 Å². The standard InChI is InChI=1S/C17H21N3S/c21-17(19-16-12-14-8-9-15(16)11-14)20-18-10-4-7-13-5-2-1-3-6-13/h1-7,10,14-16H,8-9,11-12H2,(H2,19,20,21)/b7-4+,18-10-/t14-,15-,16+/m0/s1. The fourth-order valence-corrected chi connectivity index (χ4v) is 3.68. The van der Waals surface area contributed by atoms with Crippen LogP contribution in [0.3, 0.4) is 0 Å². The summed E-state index contributed by atoms with van der Waals surface area (Å²) in [7, 11) is 0. The van der Waals surface area contributed by atoms with Gasteiger partial charge in [0.15, 0.2) is 5.11 Å². The number of nitrogens with zero attached hydrogens (tertiary/aromatic N) is 1. The van der Waals surface area contributed by atoms with Crippen molar-refractivity contribution < 1.29 is 0 Å². The van der Waals surface area contributed by atoms with Crippen molar-refractivity contribution in [3.63, 3.8) is 0 Å². The zero-order chi connectivity index (χ0) is 14.5. The second-order valence-electron chi connectivity index (χ2n) is 5.91. The van der Waals surface area contributed by atoms with Crippen LogP contribution in [0, 0.1) is 11.8 Å². The lowest BCUT2D eigenvalue weighted by molar-refractivity contribution is 0.389. The molecule has 0 heterocycles. The van der Waals surface area contributed by atoms with Crippen LogP contribution in [0.2, 0.25) is 0 Å². The average molecular weight is 299 g/mol. The second-order valence-corrected chi connectivity index (χ2v) is 6.32. The molecule has 4 heteroatoms. The Hall–Kier alpha value is -1.68. The third-order valence-corrected chi connectivity index (χ3v) is 4.68. The summed E-state index contributed by atoms with van der Waals surface area (Å²) in [4.78, 5) is 0. The van der Waals surface area contributed by atoms with Crippen molar-refractivity contribution in [3.05, 3.63) is 42.0 Å². The molecule has 110 valence electrons. The number of fused-ring (bicyclic) bond motifs is 2. The largest absolute Gasteiger partial charge is 0.358 e. The maximum absolute atomic E-state index is 5.29. The van der Waals surface area contributed by atoms with Crippen molar-refractivity contribution in [3.8, 4) is 0 Å². The molecule has 2 saturated carbocycles. The molecular formula is C17H21N3S. The second kappa shape index (κ2) is 6.85. The van der Waals surface area contributed by atoms with Crippen LogP contribution in [0.25, 0.3) is 6.08 Å². The van der Waals surface area contributed by atoms with Crippen molar-refractivity contribution >= 4 is 29.6 Å². The smallest absolute Gasteiger partial charge is 0.187 e. The van der Waals surface area contributed by atoms with Crippen molar-refractivity contribution in [2.75, 3.05) is 0 Å². The van der Waals surface area contributed by atoms with Gasteiger partial charge in [-0.05, 0) is 55.0 Å². The highest BCUT2D eigenvalue weighted by atomic mass is 32.1. The van der Waals surface area contributed by atoms with Gasteiger partial charge in [-0.3, -0.25) is 5.43 Å². The van der Waals surface area contributed by atoms with Gasteiger partial charge in [-0.2, -0.15) is 5.10 Å². The molecule has 2 fully saturated rings. The Morgan fingerprint density at radius 2 is 2.05 bits per heavy atom. The molecule has 0 amide bonds. The molecule has 1 aromatic carbocycles. The third-order valence-electron chi connectivity index (χ3n) is 4.47. The summed E-state index contributed by atoms with van der Waals surface area (Å²) in [5.41, 5.74) is 4.05. The number of hydrazone groups is 1. The first-order valence-electron chi connectivity index (χ1n) is 7.62. The Balaban J connectivity index is 1.39. The van der Waals surface area contributed by atoms with E-state index in [4.69, 9.17) is 12.2 Å². The third kappa shape index (κ3) is 3.91. The Kier molecular flexibility index (Phi) is 4.65. The molecule has 21 heavy (non-hydrogen) atoms. The van der Waals surface area contributed by atoms with Gasteiger partial charge in [0.05, 0.1) is 0 Å². The van der Waals surface area contributed by atoms with Crippen LogP contribution in [0.4, 0.5) is 0 Å². The summed E-state index contributed by atoms with van der Waals surface area (Å²) < 4.78 is 0. The van der Waals surface area contributed by atoms with E-state index in [2.05, 4.69) is 28.0 Å². The Morgan fingerprint density at radius 3 is 2.76 bits per heavy atom. The molecule has 3 rings (SSSR count). The van der Waals surface area contributed by atoms with Gasteiger partial charge < -0.3 is 5.32 Å². The SMILES string of the molecule is S=C(N/N=C\C=C\c1ccccc1)N[C@@H]1C[C@H]2CC[C@H]1C2. The first-order valence-corrected chi connectivity index (χ1v) is 8.03. The maximum Gasteiger partial charge on any atom is 0.187 e. The van der Waals surface area contributed by atoms with Crippen LogP contribution in [-0.2, 0) is 0 Å². The highest BCUT2D eigenvalue weighted by molar-refractivity contribution is 7.80. The number of thiocarbonyl (C=S) groups is 1. The molecular weight excluding hydrogens is 278 g/mol. The van der Waals surface area contributed by atoms with Crippen molar-refractivity contribution in [1.82, 2.24) is 10.7 Å². The number of hydrogen-bond donors (Lipinski definition) is 2. The molecule has 0 unspecified atom stereocenters. The molecule has 2 aliphatic carbocycles. The first-order chi connectivity index (χ1) is 10.3. The first kappa shape index (κ1) is 14.3. The number of hydrogen-bond acceptors (Lipinski definition) is 2. The lowest BCUT2D eigenvalue weighted by Crippen LogP contribution is -2.42. The van der Waals surface area contributed by atoms with Gasteiger partial charge in [0.1, 0.15) is 0 Å². The van der Waals surface area contributed by atoms with Gasteiger partial charge in [-0.25, -0.2) is 0 Å². The molecule has 3 atom stereocenters. The minimum Gasteiger partial charge on any atom is -0.358 e. The fraction of sp³-hybridized carbons (Fsp3) is 0.412. The van der Waals surface area contributed by atoms with Crippen LogP contribution in [-0.4, -0.2) is 17.4 Å². The molecule has 0 radical (unpaired) electrons. The van der Waals surface area contributed by atoms with E-state index >= 15 is 0 Å². The summed E-state index contributed by atoms with van der Waals surface area (Å²) >= 11 is 5.29. The van der Waals surface area contributed by atoms with Gasteiger partial charge in [-0.15, -0.1) is 0 Å². The number of nitrogens with one attached hydrogen (secondary N) is 2. The molecule has 0 aliphatic heterocycles. The van der Waals surface area contributed by atoms with E-state index in [9.17, 15) is 0 Å².